The predicted octanol–water partition coefficient (Wildman–Crippen LogP) is 2.99. The number of hydrogen-bond donors (Lipinski definition) is 1. The first-order valence-electron chi connectivity index (χ1n) is 11.1. The van der Waals surface area contributed by atoms with Crippen LogP contribution in [0.15, 0.2) is 24.4 Å². The molecule has 3 aromatic rings. The lowest BCUT2D eigenvalue weighted by molar-refractivity contribution is -0.169. The van der Waals surface area contributed by atoms with E-state index >= 15 is 0 Å². The number of anilines is 1. The van der Waals surface area contributed by atoms with Crippen LogP contribution in [-0.4, -0.2) is 67.8 Å². The Morgan fingerprint density at radius 2 is 1.94 bits per heavy atom. The first-order valence-corrected chi connectivity index (χ1v) is 11.1. The number of halogens is 2. The SMILES string of the molecule is O=C(C1CCCN(c2ccc3[nH]c(-c4ccnc(C5CC5)n4)nc3n2)C1)N1CC(F)(F)C1. The van der Waals surface area contributed by atoms with Gasteiger partial charge in [0.2, 0.25) is 5.91 Å². The first-order chi connectivity index (χ1) is 15.4. The lowest BCUT2D eigenvalue weighted by Crippen LogP contribution is -2.60. The van der Waals surface area contributed by atoms with Gasteiger partial charge >= 0.3 is 0 Å². The van der Waals surface area contributed by atoms with E-state index in [1.165, 1.54) is 4.90 Å². The van der Waals surface area contributed by atoms with Crippen LogP contribution in [0.2, 0.25) is 0 Å². The van der Waals surface area contributed by atoms with Crippen molar-refractivity contribution in [2.45, 2.75) is 37.5 Å². The number of likely N-dealkylation sites (tertiary alicyclic amines) is 1. The van der Waals surface area contributed by atoms with Gasteiger partial charge in [-0.05, 0) is 43.9 Å². The number of pyridine rings is 1. The minimum absolute atomic E-state index is 0.181. The van der Waals surface area contributed by atoms with E-state index in [1.807, 2.05) is 23.1 Å². The third-order valence-corrected chi connectivity index (χ3v) is 6.44. The van der Waals surface area contributed by atoms with E-state index in [9.17, 15) is 13.6 Å². The van der Waals surface area contributed by atoms with Crippen LogP contribution in [0, 0.1) is 5.92 Å². The van der Waals surface area contributed by atoms with Crippen LogP contribution in [-0.2, 0) is 4.79 Å². The highest BCUT2D eigenvalue weighted by Gasteiger charge is 2.48. The first kappa shape index (κ1) is 19.5. The lowest BCUT2D eigenvalue weighted by Gasteiger charge is -2.42. The van der Waals surface area contributed by atoms with E-state index in [2.05, 4.69) is 19.9 Å². The van der Waals surface area contributed by atoms with Crippen molar-refractivity contribution in [1.29, 1.82) is 0 Å². The van der Waals surface area contributed by atoms with E-state index in [1.54, 1.807) is 6.20 Å². The number of imidazole rings is 1. The van der Waals surface area contributed by atoms with Crippen LogP contribution in [0.5, 0.6) is 0 Å². The summed E-state index contributed by atoms with van der Waals surface area (Å²) in [4.78, 5) is 37.6. The predicted molar refractivity (Wildman–Crippen MR) is 113 cm³/mol. The van der Waals surface area contributed by atoms with Gasteiger partial charge in [-0.3, -0.25) is 4.79 Å². The van der Waals surface area contributed by atoms with Gasteiger partial charge in [0, 0.05) is 25.2 Å². The highest BCUT2D eigenvalue weighted by molar-refractivity contribution is 5.81. The highest BCUT2D eigenvalue weighted by atomic mass is 19.3. The summed E-state index contributed by atoms with van der Waals surface area (Å²) in [5.41, 5.74) is 2.14. The molecule has 0 radical (unpaired) electrons. The number of nitrogens with one attached hydrogen (secondary N) is 1. The van der Waals surface area contributed by atoms with Gasteiger partial charge in [0.15, 0.2) is 11.5 Å². The molecule has 32 heavy (non-hydrogen) atoms. The lowest BCUT2D eigenvalue weighted by atomic mass is 9.94. The molecule has 6 rings (SSSR count). The molecule has 2 aliphatic heterocycles. The minimum Gasteiger partial charge on any atom is -0.356 e. The van der Waals surface area contributed by atoms with Crippen molar-refractivity contribution in [3.05, 3.63) is 30.2 Å². The molecule has 1 atom stereocenters. The molecule has 3 aromatic heterocycles. The average molecular weight is 439 g/mol. The van der Waals surface area contributed by atoms with Crippen LogP contribution in [0.25, 0.3) is 22.7 Å². The maximum atomic E-state index is 13.2. The zero-order valence-electron chi connectivity index (χ0n) is 17.5. The Morgan fingerprint density at radius 1 is 1.09 bits per heavy atom. The second-order valence-corrected chi connectivity index (χ2v) is 9.04. The third kappa shape index (κ3) is 3.57. The fraction of sp³-hybridized carbons (Fsp3) is 0.500. The Kier molecular flexibility index (Phi) is 4.38. The van der Waals surface area contributed by atoms with Crippen LogP contribution in [0.1, 0.15) is 37.4 Å². The topological polar surface area (TPSA) is 90.9 Å². The van der Waals surface area contributed by atoms with Crippen LogP contribution in [0.4, 0.5) is 14.6 Å². The number of hydrogen-bond acceptors (Lipinski definition) is 6. The van der Waals surface area contributed by atoms with Crippen molar-refractivity contribution < 1.29 is 13.6 Å². The van der Waals surface area contributed by atoms with Gasteiger partial charge in [0.25, 0.3) is 5.92 Å². The number of rotatable bonds is 4. The van der Waals surface area contributed by atoms with Crippen LogP contribution < -0.4 is 4.90 Å². The summed E-state index contributed by atoms with van der Waals surface area (Å²) >= 11 is 0. The molecule has 3 aliphatic rings. The molecule has 8 nitrogen and oxygen atoms in total. The van der Waals surface area contributed by atoms with Gasteiger partial charge in [0.05, 0.1) is 24.5 Å². The normalized spacial score (nSPS) is 22.8. The van der Waals surface area contributed by atoms with E-state index in [-0.39, 0.29) is 11.8 Å². The standard InChI is InChI=1S/C22H23F2N7O/c23-22(24)11-31(12-22)21(32)14-2-1-9-30(10-14)17-6-5-15-20(28-17)29-19(27-15)16-7-8-25-18(26-16)13-3-4-13/h5-8,13-14H,1-4,9-12H2,(H,27,28,29). The number of piperidine rings is 1. The van der Waals surface area contributed by atoms with E-state index in [4.69, 9.17) is 4.98 Å². The molecule has 2 saturated heterocycles. The Bertz CT molecular complexity index is 1180. The molecule has 1 aliphatic carbocycles. The Morgan fingerprint density at radius 3 is 2.72 bits per heavy atom. The zero-order chi connectivity index (χ0) is 21.9. The summed E-state index contributed by atoms with van der Waals surface area (Å²) < 4.78 is 26.3. The second kappa shape index (κ2) is 7.18. The summed E-state index contributed by atoms with van der Waals surface area (Å²) in [5, 5.41) is 0. The molecule has 5 heterocycles. The molecule has 0 bridgehead atoms. The number of carbonyl (C=O) groups is 1. The van der Waals surface area contributed by atoms with Gasteiger partial charge in [-0.25, -0.2) is 28.7 Å². The van der Waals surface area contributed by atoms with Gasteiger partial charge < -0.3 is 14.8 Å². The maximum Gasteiger partial charge on any atom is 0.282 e. The molecule has 1 unspecified atom stereocenters. The van der Waals surface area contributed by atoms with Crippen molar-refractivity contribution in [2.75, 3.05) is 31.1 Å². The molecule has 0 aromatic carbocycles. The number of carbonyl (C=O) groups excluding carboxylic acids is 1. The molecule has 0 spiro atoms. The smallest absolute Gasteiger partial charge is 0.282 e. The fourth-order valence-electron chi connectivity index (χ4n) is 4.54. The zero-order valence-corrected chi connectivity index (χ0v) is 17.5. The summed E-state index contributed by atoms with van der Waals surface area (Å²) in [6, 6.07) is 5.67. The van der Waals surface area contributed by atoms with E-state index in [0.717, 1.165) is 48.7 Å². The molecule has 166 valence electrons. The summed E-state index contributed by atoms with van der Waals surface area (Å²) in [6.45, 7) is 0.321. The minimum atomic E-state index is -2.74. The van der Waals surface area contributed by atoms with Crippen molar-refractivity contribution >= 4 is 22.9 Å². The van der Waals surface area contributed by atoms with Crippen molar-refractivity contribution in [3.8, 4) is 11.5 Å². The van der Waals surface area contributed by atoms with Crippen molar-refractivity contribution in [1.82, 2.24) is 29.8 Å². The molecular weight excluding hydrogens is 416 g/mol. The second-order valence-electron chi connectivity index (χ2n) is 9.04. The van der Waals surface area contributed by atoms with E-state index < -0.39 is 19.0 Å². The van der Waals surface area contributed by atoms with E-state index in [0.29, 0.717) is 30.4 Å². The van der Waals surface area contributed by atoms with Crippen molar-refractivity contribution in [3.63, 3.8) is 0 Å². The Labute approximate surface area is 183 Å². The molecule has 10 heteroatoms. The molecular formula is C22H23F2N7O. The fourth-order valence-corrected chi connectivity index (χ4v) is 4.54. The molecule has 1 amide bonds. The Balaban J connectivity index is 1.21. The number of fused-ring (bicyclic) bond motifs is 1. The number of H-pyrrole nitrogens is 1. The monoisotopic (exact) mass is 439 g/mol. The van der Waals surface area contributed by atoms with Crippen LogP contribution in [0.3, 0.4) is 0 Å². The summed E-state index contributed by atoms with van der Waals surface area (Å²) in [5.74, 6) is -0.491. The van der Waals surface area contributed by atoms with Gasteiger partial charge in [-0.2, -0.15) is 0 Å². The van der Waals surface area contributed by atoms with Gasteiger partial charge in [-0.1, -0.05) is 0 Å². The number of aromatic nitrogens is 5. The average Bonchev–Trinajstić information content (AvgIpc) is 3.55. The van der Waals surface area contributed by atoms with Gasteiger partial charge in [0.1, 0.15) is 17.3 Å². The Hall–Kier alpha value is -3.17. The summed E-state index contributed by atoms with van der Waals surface area (Å²) in [7, 11) is 0. The number of alkyl halides is 2. The third-order valence-electron chi connectivity index (χ3n) is 6.44. The van der Waals surface area contributed by atoms with Crippen molar-refractivity contribution in [2.24, 2.45) is 5.92 Å². The largest absolute Gasteiger partial charge is 0.356 e. The quantitative estimate of drug-likeness (QED) is 0.672. The van der Waals surface area contributed by atoms with Gasteiger partial charge in [-0.15, -0.1) is 0 Å². The number of aromatic amines is 1. The van der Waals surface area contributed by atoms with Crippen LogP contribution >= 0.6 is 0 Å². The molecule has 3 fully saturated rings. The molecule has 1 saturated carbocycles. The number of amides is 1. The maximum absolute atomic E-state index is 13.2. The highest BCUT2D eigenvalue weighted by Crippen LogP contribution is 2.38. The number of nitrogens with zero attached hydrogens (tertiary/aromatic N) is 6. The summed E-state index contributed by atoms with van der Waals surface area (Å²) in [6.07, 6.45) is 5.56. The molecule has 1 N–H and O–H groups in total.